The average molecular weight is 1040 g/mol. The number of hydrogen-bond donors (Lipinski definition) is 0. The van der Waals surface area contributed by atoms with Gasteiger partial charge < -0.3 is 53.5 Å². The third-order valence-electron chi connectivity index (χ3n) is 17.8. The second kappa shape index (κ2) is 17.3. The van der Waals surface area contributed by atoms with Crippen molar-refractivity contribution in [3.8, 4) is 6.07 Å². The van der Waals surface area contributed by atoms with Crippen molar-refractivity contribution in [1.29, 1.82) is 5.26 Å². The lowest BCUT2D eigenvalue weighted by Gasteiger charge is -2.66. The summed E-state index contributed by atoms with van der Waals surface area (Å²) in [7, 11) is -35.4. The molecule has 0 amide bonds. The molecule has 13 aliphatic rings. The van der Waals surface area contributed by atoms with Crippen LogP contribution >= 0.6 is 0 Å². The highest BCUT2D eigenvalue weighted by molar-refractivity contribution is 7.04. The molecule has 0 radical (unpaired) electrons. The Morgan fingerprint density at radius 2 is 0.578 bits per heavy atom. The van der Waals surface area contributed by atoms with E-state index in [9.17, 15) is 5.26 Å². The lowest BCUT2D eigenvalue weighted by Crippen LogP contribution is -2.91. The van der Waals surface area contributed by atoms with Gasteiger partial charge in [0.25, 0.3) is 0 Å². The monoisotopic (exact) mass is 1040 g/mol. The Hall–Kier alpha value is 0.922. The predicted molar refractivity (Wildman–Crippen MR) is 253 cm³/mol. The highest BCUT2D eigenvalue weighted by Crippen LogP contribution is 2.66. The maximum absolute atomic E-state index is 9.73. The van der Waals surface area contributed by atoms with Crippen LogP contribution in [0.2, 0.25) is 57.9 Å². The topological polar surface area (TPSA) is 144 Å². The van der Waals surface area contributed by atoms with Gasteiger partial charge in [0.15, 0.2) is 8.32 Å². The first-order chi connectivity index (χ1) is 31.0. The van der Waals surface area contributed by atoms with E-state index in [2.05, 4.69) is 19.2 Å². The number of hydrogen-bond acceptors (Lipinski definition) is 14. The second-order valence-corrected chi connectivity index (χ2v) is 52.5. The van der Waals surface area contributed by atoms with Gasteiger partial charge in [0.2, 0.25) is 0 Å². The molecule has 0 atom stereocenters. The maximum atomic E-state index is 9.73. The number of unbranched alkanes of at least 4 members (excludes halogenated alkanes) is 1. The van der Waals surface area contributed by atoms with Crippen LogP contribution in [0.15, 0.2) is 0 Å². The number of nitrogens with zero attached hydrogens (tertiary/aromatic N) is 1. The molecule has 64 heavy (non-hydrogen) atoms. The van der Waals surface area contributed by atoms with E-state index < -0.39 is 79.0 Å². The predicted octanol–water partition coefficient (Wildman–Crippen LogP) is 11.4. The molecule has 358 valence electrons. The van der Waals surface area contributed by atoms with E-state index >= 15 is 0 Å². The fourth-order valence-corrected chi connectivity index (χ4v) is 73.6. The zero-order valence-corrected chi connectivity index (χ0v) is 47.7. The van der Waals surface area contributed by atoms with Gasteiger partial charge in [-0.1, -0.05) is 89.9 Å². The Bertz CT molecular complexity index is 1580. The summed E-state index contributed by atoms with van der Waals surface area (Å²) < 4.78 is 109. The molecule has 0 spiro atoms. The van der Waals surface area contributed by atoms with Crippen molar-refractivity contribution < 1.29 is 53.5 Å². The molecule has 0 aromatic carbocycles. The van der Waals surface area contributed by atoms with Gasteiger partial charge in [-0.2, -0.15) is 5.26 Å². The van der Waals surface area contributed by atoms with Crippen LogP contribution in [0, 0.1) is 11.3 Å². The standard InChI is InChI=1S/C41H75NO13Si9/c1-56(2,34-18-17-33-42)43-64-53-61(39-27-11-12-28-39)47-58(36-21-5-6-22-36)44-57(35-19-3-4-20-35)45-59(49-61,37-23-7-8-24-37)51-63(55-64,41-31-15-16-32-41)52-60(46-57,38-25-9-10-26-38)50-62(48-58,54-64)40-29-13-14-30-40/h35-41H,3-32,34H2,1-2H3. The van der Waals surface area contributed by atoms with Gasteiger partial charge in [0.05, 0.1) is 6.07 Å². The van der Waals surface area contributed by atoms with E-state index in [-0.39, 0.29) is 38.8 Å². The first-order valence-electron chi connectivity index (χ1n) is 26.5. The minimum Gasteiger partial charge on any atom is -0.395 e. The Labute approximate surface area is 392 Å². The maximum Gasteiger partial charge on any atom is 0.646 e. The van der Waals surface area contributed by atoms with Gasteiger partial charge >= 0.3 is 70.7 Å². The van der Waals surface area contributed by atoms with E-state index in [1.165, 1.54) is 0 Å². The molecule has 6 saturated heterocycles. The summed E-state index contributed by atoms with van der Waals surface area (Å²) in [5.74, 6) is 0. The van der Waals surface area contributed by atoms with Crippen LogP contribution in [-0.4, -0.2) is 79.0 Å². The molecular formula is C41H75NO13Si9. The molecule has 23 heteroatoms. The first kappa shape index (κ1) is 46.0. The van der Waals surface area contributed by atoms with Crippen molar-refractivity contribution in [2.75, 3.05) is 0 Å². The number of rotatable bonds is 12. The van der Waals surface area contributed by atoms with Crippen LogP contribution in [0.3, 0.4) is 0 Å². The minimum absolute atomic E-state index is 0.0164. The summed E-state index contributed by atoms with van der Waals surface area (Å²) >= 11 is 0. The fourth-order valence-electron chi connectivity index (χ4n) is 14.6. The van der Waals surface area contributed by atoms with E-state index in [0.717, 1.165) is 192 Å². The van der Waals surface area contributed by atoms with Gasteiger partial charge in [-0.05, 0) is 115 Å². The van der Waals surface area contributed by atoms with Gasteiger partial charge in [0.1, 0.15) is 0 Å². The van der Waals surface area contributed by atoms with E-state index in [4.69, 9.17) is 53.5 Å². The second-order valence-electron chi connectivity index (χ2n) is 22.7. The van der Waals surface area contributed by atoms with Crippen molar-refractivity contribution in [2.45, 2.75) is 251 Å². The molecule has 0 unspecified atom stereocenters. The molecule has 7 saturated carbocycles. The smallest absolute Gasteiger partial charge is 0.395 e. The SMILES string of the molecule is C[Si](C)(CCCC#N)O[Si]12O[Si]3(C4CCCC4)O[Si]4(C5CCCC5)O[Si](C5CCCC5)(O1)O[Si]1(C5CCCC5)O[Si](C5CCCC5)(O2)O[Si](C2CCCC2)(O3)O[Si](C2CCCC2)(O4)O1. The molecule has 0 N–H and O–H groups in total. The molecule has 0 aromatic heterocycles. The van der Waals surface area contributed by atoms with Crippen molar-refractivity contribution >= 4 is 79.0 Å². The van der Waals surface area contributed by atoms with Crippen molar-refractivity contribution in [2.24, 2.45) is 0 Å². The summed E-state index contributed by atoms with van der Waals surface area (Å²) in [6, 6.07) is 3.14. The van der Waals surface area contributed by atoms with Gasteiger partial charge in [-0.25, -0.2) is 0 Å². The molecule has 13 fully saturated rings. The summed E-state index contributed by atoms with van der Waals surface area (Å²) in [4.78, 5) is 0. The quantitative estimate of drug-likeness (QED) is 0.135. The largest absolute Gasteiger partial charge is 0.646 e. The van der Waals surface area contributed by atoms with Crippen LogP contribution in [0.1, 0.15) is 193 Å². The van der Waals surface area contributed by atoms with Crippen LogP contribution in [0.5, 0.6) is 0 Å². The molecule has 14 nitrogen and oxygen atoms in total. The molecule has 7 aliphatic carbocycles. The van der Waals surface area contributed by atoms with Crippen molar-refractivity contribution in [1.82, 2.24) is 0 Å². The lowest BCUT2D eigenvalue weighted by molar-refractivity contribution is -0.0610. The Morgan fingerprint density at radius 3 is 0.781 bits per heavy atom. The lowest BCUT2D eigenvalue weighted by atomic mass is 10.4. The van der Waals surface area contributed by atoms with Gasteiger partial charge in [0, 0.05) is 45.2 Å². The van der Waals surface area contributed by atoms with Crippen LogP contribution < -0.4 is 0 Å². The van der Waals surface area contributed by atoms with E-state index in [0.29, 0.717) is 6.42 Å². The molecular weight excluding hydrogens is 967 g/mol. The zero-order valence-electron chi connectivity index (χ0n) is 38.7. The Morgan fingerprint density at radius 1 is 0.375 bits per heavy atom. The number of nitriles is 1. The summed E-state index contributed by atoms with van der Waals surface area (Å²) in [6.07, 6.45) is 29.4. The third-order valence-corrected chi connectivity index (χ3v) is 60.5. The van der Waals surface area contributed by atoms with E-state index in [1.807, 2.05) is 0 Å². The highest BCUT2D eigenvalue weighted by Gasteiger charge is 2.89. The molecule has 6 aliphatic heterocycles. The molecule has 13 rings (SSSR count). The highest BCUT2D eigenvalue weighted by atomic mass is 28.6. The normalized spacial score (nSPS) is 46.6. The van der Waals surface area contributed by atoms with E-state index in [1.54, 1.807) is 0 Å². The molecule has 6 heterocycles. The van der Waals surface area contributed by atoms with Gasteiger partial charge in [-0.3, -0.25) is 0 Å². The zero-order chi connectivity index (χ0) is 43.4. The Kier molecular flexibility index (Phi) is 12.4. The van der Waals surface area contributed by atoms with Crippen molar-refractivity contribution in [3.63, 3.8) is 0 Å². The van der Waals surface area contributed by atoms with Gasteiger partial charge in [-0.15, -0.1) is 0 Å². The summed E-state index contributed by atoms with van der Waals surface area (Å²) in [6.45, 7) is 4.48. The fraction of sp³-hybridized carbons (Fsp3) is 0.976. The molecule has 0 aromatic rings. The van der Waals surface area contributed by atoms with Crippen LogP contribution in [-0.2, 0) is 53.5 Å². The minimum atomic E-state index is -4.51. The summed E-state index contributed by atoms with van der Waals surface area (Å²) in [5, 5.41) is 9.73. The Balaban J connectivity index is 1.17. The third kappa shape index (κ3) is 7.80. The summed E-state index contributed by atoms with van der Waals surface area (Å²) in [5.41, 5.74) is -0.0271. The van der Waals surface area contributed by atoms with Crippen LogP contribution in [0.4, 0.5) is 0 Å². The average Bonchev–Trinajstić information content (AvgIpc) is 4.11. The molecule has 8 bridgehead atoms. The first-order valence-corrected chi connectivity index (χ1v) is 43.8. The van der Waals surface area contributed by atoms with Crippen molar-refractivity contribution in [3.05, 3.63) is 0 Å². The van der Waals surface area contributed by atoms with Crippen LogP contribution in [0.25, 0.3) is 0 Å².